The molecule has 1 aromatic carbocycles. The molecule has 1 atom stereocenters. The predicted octanol–water partition coefficient (Wildman–Crippen LogP) is 2.58. The van der Waals surface area contributed by atoms with Crippen LogP contribution in [-0.4, -0.2) is 67.5 Å². The van der Waals surface area contributed by atoms with E-state index in [1.165, 1.54) is 0 Å². The molecule has 11 heteroatoms. The topological polar surface area (TPSA) is 122 Å². The van der Waals surface area contributed by atoms with Crippen molar-refractivity contribution in [3.63, 3.8) is 0 Å². The molecule has 2 aliphatic heterocycles. The van der Waals surface area contributed by atoms with Gasteiger partial charge in [0.15, 0.2) is 11.4 Å². The standard InChI is InChI=1S/C25H27N7O4/c1-30-14-18(12-27-30)19-13-28-32-22(26)11-21(29-23(19)32)20-15-31(8-7-25(20)35-9-10-36-25)24(33)34-16-17-5-3-2-4-6-17/h2-6,11-14,20H,7-10,15-16,26H2,1H3. The van der Waals surface area contributed by atoms with Crippen LogP contribution in [-0.2, 0) is 27.9 Å². The minimum atomic E-state index is -0.873. The van der Waals surface area contributed by atoms with E-state index in [1.54, 1.807) is 32.6 Å². The van der Waals surface area contributed by atoms with Gasteiger partial charge in [-0.15, -0.1) is 0 Å². The van der Waals surface area contributed by atoms with Crippen LogP contribution in [0, 0.1) is 0 Å². The fourth-order valence-electron chi connectivity index (χ4n) is 4.98. The number of rotatable bonds is 4. The number of hydrogen-bond donors (Lipinski definition) is 1. The van der Waals surface area contributed by atoms with Crippen molar-refractivity contribution >= 4 is 17.6 Å². The monoisotopic (exact) mass is 489 g/mol. The van der Waals surface area contributed by atoms with E-state index in [0.29, 0.717) is 49.9 Å². The molecule has 186 valence electrons. The average Bonchev–Trinajstić information content (AvgIpc) is 3.64. The summed E-state index contributed by atoms with van der Waals surface area (Å²) in [6, 6.07) is 11.4. The summed E-state index contributed by atoms with van der Waals surface area (Å²) in [6.45, 7) is 1.96. The first kappa shape index (κ1) is 22.5. The van der Waals surface area contributed by atoms with Crippen LogP contribution in [0.3, 0.4) is 0 Å². The lowest BCUT2D eigenvalue weighted by Crippen LogP contribution is -2.53. The zero-order valence-corrected chi connectivity index (χ0v) is 19.9. The number of benzene rings is 1. The molecule has 0 bridgehead atoms. The second kappa shape index (κ2) is 8.92. The van der Waals surface area contributed by atoms with Crippen LogP contribution in [0.15, 0.2) is 55.0 Å². The molecule has 4 aromatic rings. The van der Waals surface area contributed by atoms with Crippen LogP contribution in [0.4, 0.5) is 10.6 Å². The van der Waals surface area contributed by atoms with Gasteiger partial charge in [0, 0.05) is 49.9 Å². The van der Waals surface area contributed by atoms with Crippen LogP contribution in [0.5, 0.6) is 0 Å². The van der Waals surface area contributed by atoms with E-state index in [1.807, 2.05) is 43.6 Å². The first-order valence-corrected chi connectivity index (χ1v) is 11.9. The molecular weight excluding hydrogens is 462 g/mol. The summed E-state index contributed by atoms with van der Waals surface area (Å²) >= 11 is 0. The number of nitrogens with zero attached hydrogens (tertiary/aromatic N) is 6. The van der Waals surface area contributed by atoms with E-state index in [0.717, 1.165) is 16.7 Å². The molecule has 36 heavy (non-hydrogen) atoms. The van der Waals surface area contributed by atoms with E-state index >= 15 is 0 Å². The highest BCUT2D eigenvalue weighted by atomic mass is 16.7. The highest BCUT2D eigenvalue weighted by Crippen LogP contribution is 2.42. The van der Waals surface area contributed by atoms with E-state index in [9.17, 15) is 4.79 Å². The maximum Gasteiger partial charge on any atom is 0.410 e. The summed E-state index contributed by atoms with van der Waals surface area (Å²) in [7, 11) is 1.86. The third kappa shape index (κ3) is 3.95. The number of nitrogens with two attached hydrogens (primary N) is 1. The molecule has 3 aromatic heterocycles. The Morgan fingerprint density at radius 3 is 2.75 bits per heavy atom. The summed E-state index contributed by atoms with van der Waals surface area (Å²) in [6.07, 6.45) is 5.51. The lowest BCUT2D eigenvalue weighted by atomic mass is 9.87. The highest BCUT2D eigenvalue weighted by Gasteiger charge is 2.50. The Hall–Kier alpha value is -3.96. The summed E-state index contributed by atoms with van der Waals surface area (Å²) in [5.74, 6) is -0.799. The van der Waals surface area contributed by atoms with Gasteiger partial charge in [-0.05, 0) is 5.56 Å². The molecule has 11 nitrogen and oxygen atoms in total. The van der Waals surface area contributed by atoms with Crippen molar-refractivity contribution in [2.45, 2.75) is 24.7 Å². The second-order valence-electron chi connectivity index (χ2n) is 9.10. The fourth-order valence-corrected chi connectivity index (χ4v) is 4.98. The first-order chi connectivity index (χ1) is 17.5. The SMILES string of the molecule is Cn1cc(-c2cnn3c(N)cc(C4CN(C(=O)OCc5ccccc5)CCC45OCCO5)nc23)cn1. The number of likely N-dealkylation sites (tertiary alicyclic amines) is 1. The van der Waals surface area contributed by atoms with E-state index in [-0.39, 0.29) is 18.6 Å². The van der Waals surface area contributed by atoms with Gasteiger partial charge >= 0.3 is 6.09 Å². The van der Waals surface area contributed by atoms with Crippen LogP contribution < -0.4 is 5.73 Å². The fraction of sp³-hybridized carbons (Fsp3) is 0.360. The predicted molar refractivity (Wildman–Crippen MR) is 130 cm³/mol. The van der Waals surface area contributed by atoms with Crippen LogP contribution in [0.1, 0.15) is 23.6 Å². The Morgan fingerprint density at radius 1 is 1.19 bits per heavy atom. The summed E-state index contributed by atoms with van der Waals surface area (Å²) < 4.78 is 21.2. The number of hydrogen-bond acceptors (Lipinski definition) is 8. The third-order valence-electron chi connectivity index (χ3n) is 6.80. The van der Waals surface area contributed by atoms with Gasteiger partial charge < -0.3 is 24.8 Å². The van der Waals surface area contributed by atoms with Crippen molar-refractivity contribution in [3.8, 4) is 11.1 Å². The maximum absolute atomic E-state index is 13.0. The third-order valence-corrected chi connectivity index (χ3v) is 6.80. The van der Waals surface area contributed by atoms with Crippen molar-refractivity contribution in [1.82, 2.24) is 29.3 Å². The largest absolute Gasteiger partial charge is 0.445 e. The number of anilines is 1. The Labute approximate surface area is 207 Å². The Morgan fingerprint density at radius 2 is 2.00 bits per heavy atom. The number of aryl methyl sites for hydroxylation is 1. The molecule has 0 saturated carbocycles. The highest BCUT2D eigenvalue weighted by molar-refractivity contribution is 5.77. The molecule has 1 unspecified atom stereocenters. The molecule has 2 saturated heterocycles. The molecular formula is C25H27N7O4. The number of amides is 1. The molecule has 2 aliphatic rings. The van der Waals surface area contributed by atoms with Gasteiger partial charge in [0.1, 0.15) is 12.4 Å². The summed E-state index contributed by atoms with van der Waals surface area (Å²) in [4.78, 5) is 19.6. The molecule has 2 fully saturated rings. The molecule has 6 rings (SSSR count). The molecule has 2 N–H and O–H groups in total. The van der Waals surface area contributed by atoms with Gasteiger partial charge in [-0.25, -0.2) is 9.78 Å². The van der Waals surface area contributed by atoms with Crippen LogP contribution >= 0.6 is 0 Å². The van der Waals surface area contributed by atoms with E-state index in [2.05, 4.69) is 10.2 Å². The summed E-state index contributed by atoms with van der Waals surface area (Å²) in [5.41, 5.74) is 10.3. The normalized spacial score (nSPS) is 19.2. The Balaban J connectivity index is 1.32. The number of aromatic nitrogens is 5. The number of fused-ring (bicyclic) bond motifs is 1. The van der Waals surface area contributed by atoms with Crippen molar-refractivity contribution in [1.29, 1.82) is 0 Å². The molecule has 1 amide bonds. The van der Waals surface area contributed by atoms with Gasteiger partial charge in [0.2, 0.25) is 0 Å². The Bertz CT molecular complexity index is 1390. The van der Waals surface area contributed by atoms with Crippen molar-refractivity contribution in [2.24, 2.45) is 7.05 Å². The van der Waals surface area contributed by atoms with Crippen LogP contribution in [0.2, 0.25) is 0 Å². The van der Waals surface area contributed by atoms with Gasteiger partial charge in [-0.3, -0.25) is 4.68 Å². The van der Waals surface area contributed by atoms with Gasteiger partial charge in [0.05, 0.1) is 37.2 Å². The average molecular weight is 490 g/mol. The lowest BCUT2D eigenvalue weighted by molar-refractivity contribution is -0.197. The number of ether oxygens (including phenoxy) is 3. The van der Waals surface area contributed by atoms with Gasteiger partial charge in [-0.1, -0.05) is 30.3 Å². The zero-order chi connectivity index (χ0) is 24.7. The number of piperidine rings is 1. The molecule has 1 spiro atoms. The van der Waals surface area contributed by atoms with Gasteiger partial charge in [0.25, 0.3) is 0 Å². The van der Waals surface area contributed by atoms with E-state index < -0.39 is 5.79 Å². The number of carbonyl (C=O) groups excluding carboxylic acids is 1. The lowest BCUT2D eigenvalue weighted by Gasteiger charge is -2.43. The molecule has 0 radical (unpaired) electrons. The number of carbonyl (C=O) groups is 1. The van der Waals surface area contributed by atoms with Crippen molar-refractivity contribution < 1.29 is 19.0 Å². The smallest absolute Gasteiger partial charge is 0.410 e. The minimum absolute atomic E-state index is 0.209. The van der Waals surface area contributed by atoms with Crippen molar-refractivity contribution in [3.05, 3.63) is 66.2 Å². The number of nitrogen functional groups attached to an aromatic ring is 1. The molecule has 5 heterocycles. The van der Waals surface area contributed by atoms with Gasteiger partial charge in [-0.2, -0.15) is 14.7 Å². The molecule has 0 aliphatic carbocycles. The van der Waals surface area contributed by atoms with Crippen molar-refractivity contribution in [2.75, 3.05) is 32.0 Å². The minimum Gasteiger partial charge on any atom is -0.445 e. The maximum atomic E-state index is 13.0. The first-order valence-electron chi connectivity index (χ1n) is 11.9. The second-order valence-corrected chi connectivity index (χ2v) is 9.10. The Kier molecular flexibility index (Phi) is 5.57. The summed E-state index contributed by atoms with van der Waals surface area (Å²) in [5, 5.41) is 8.68. The van der Waals surface area contributed by atoms with Crippen LogP contribution in [0.25, 0.3) is 16.8 Å². The van der Waals surface area contributed by atoms with E-state index in [4.69, 9.17) is 24.9 Å². The quantitative estimate of drug-likeness (QED) is 0.464. The zero-order valence-electron chi connectivity index (χ0n) is 19.9.